The maximum atomic E-state index is 13.3. The van der Waals surface area contributed by atoms with Crippen LogP contribution in [0.25, 0.3) is 0 Å². The van der Waals surface area contributed by atoms with Crippen LogP contribution in [0.3, 0.4) is 0 Å². The van der Waals surface area contributed by atoms with E-state index in [0.29, 0.717) is 4.90 Å². The minimum Gasteiger partial charge on any atom is -0.207 e. The van der Waals surface area contributed by atoms with Gasteiger partial charge in [0.25, 0.3) is 0 Å². The van der Waals surface area contributed by atoms with Gasteiger partial charge >= 0.3 is 0 Å². The first-order valence-corrected chi connectivity index (χ1v) is 13.8. The molecule has 1 fully saturated rings. The molecule has 25 heavy (non-hydrogen) atoms. The molecule has 0 aliphatic carbocycles. The van der Waals surface area contributed by atoms with E-state index in [4.69, 9.17) is 0 Å². The lowest BCUT2D eigenvalue weighted by molar-refractivity contribution is 0.344. The van der Waals surface area contributed by atoms with Gasteiger partial charge in [0.2, 0.25) is 10.0 Å². The monoisotopic (exact) mass is 375 g/mol. The average Bonchev–Trinajstić information content (AvgIpc) is 2.94. The molecule has 0 amide bonds. The Balaban J connectivity index is 2.41. The second kappa shape index (κ2) is 7.90. The average molecular weight is 376 g/mol. The summed E-state index contributed by atoms with van der Waals surface area (Å²) >= 11 is 0. The summed E-state index contributed by atoms with van der Waals surface area (Å²) in [6, 6.07) is 6.90. The first-order chi connectivity index (χ1) is 11.6. The molecule has 0 spiro atoms. The van der Waals surface area contributed by atoms with Gasteiger partial charge in [0.05, 0.1) is 10.9 Å². The van der Waals surface area contributed by atoms with E-state index in [1.165, 1.54) is 0 Å². The molecule has 5 heteroatoms. The van der Waals surface area contributed by atoms with Crippen molar-refractivity contribution < 1.29 is 8.42 Å². The van der Waals surface area contributed by atoms with Gasteiger partial charge in [-0.15, -0.1) is 12.1 Å². The second-order valence-corrected chi connectivity index (χ2v) is 14.4. The second-order valence-electron chi connectivity index (χ2n) is 7.78. The molecule has 136 valence electrons. The maximum Gasteiger partial charge on any atom is 0.244 e. The topological polar surface area (TPSA) is 37.4 Å². The summed E-state index contributed by atoms with van der Waals surface area (Å²) in [6.07, 6.45) is 5.16. The van der Waals surface area contributed by atoms with Crippen molar-refractivity contribution in [3.05, 3.63) is 42.5 Å². The fourth-order valence-corrected chi connectivity index (χ4v) is 5.49. The van der Waals surface area contributed by atoms with Crippen molar-refractivity contribution in [2.45, 2.75) is 69.2 Å². The van der Waals surface area contributed by atoms with Crippen molar-refractivity contribution in [2.24, 2.45) is 0 Å². The van der Waals surface area contributed by atoms with Crippen molar-refractivity contribution in [1.82, 2.24) is 4.31 Å². The first-order valence-electron chi connectivity index (χ1n) is 8.89. The predicted molar refractivity (Wildman–Crippen MR) is 108 cm³/mol. The zero-order valence-corrected chi connectivity index (χ0v) is 17.6. The van der Waals surface area contributed by atoms with Gasteiger partial charge in [-0.25, -0.2) is 8.42 Å². The third kappa shape index (κ3) is 5.07. The van der Waals surface area contributed by atoms with Crippen molar-refractivity contribution >= 4 is 18.1 Å². The van der Waals surface area contributed by atoms with Crippen LogP contribution in [0.1, 0.15) is 31.2 Å². The van der Waals surface area contributed by atoms with Crippen LogP contribution in [0.2, 0.25) is 19.6 Å². The molecule has 1 aromatic rings. The standard InChI is InChI=1S/C20H29NO2SSi/c1-6-7-8-18-11-12-19(15-16-25(3,4)5)21(18)24(22,23)20-13-9-17(2)10-14-20/h6,9-10,13-14,18-19H,1,7-8,11-12H2,2-5H3/t18-,19-/m0/s1. The van der Waals surface area contributed by atoms with Gasteiger partial charge in [-0.1, -0.05) is 49.3 Å². The third-order valence-electron chi connectivity index (χ3n) is 4.35. The van der Waals surface area contributed by atoms with E-state index >= 15 is 0 Å². The lowest BCUT2D eigenvalue weighted by atomic mass is 10.1. The van der Waals surface area contributed by atoms with Gasteiger partial charge in [0.15, 0.2) is 0 Å². The fourth-order valence-electron chi connectivity index (χ4n) is 3.07. The van der Waals surface area contributed by atoms with E-state index in [-0.39, 0.29) is 12.1 Å². The van der Waals surface area contributed by atoms with E-state index in [2.05, 4.69) is 37.7 Å². The molecule has 0 radical (unpaired) electrons. The highest BCUT2D eigenvalue weighted by molar-refractivity contribution is 7.89. The van der Waals surface area contributed by atoms with E-state index in [1.54, 1.807) is 16.4 Å². The molecule has 2 atom stereocenters. The Morgan fingerprint density at radius 2 is 1.88 bits per heavy atom. The number of rotatable bonds is 5. The molecule has 1 aliphatic rings. The van der Waals surface area contributed by atoms with Crippen LogP contribution in [-0.2, 0) is 10.0 Å². The summed E-state index contributed by atoms with van der Waals surface area (Å²) in [5.41, 5.74) is 4.42. The van der Waals surface area contributed by atoms with E-state index in [0.717, 1.165) is 31.2 Å². The highest BCUT2D eigenvalue weighted by Crippen LogP contribution is 2.33. The van der Waals surface area contributed by atoms with Crippen LogP contribution >= 0.6 is 0 Å². The number of hydrogen-bond acceptors (Lipinski definition) is 2. The largest absolute Gasteiger partial charge is 0.244 e. The molecular formula is C20H29NO2SSi. The Hall–Kier alpha value is -1.35. The molecule has 2 rings (SSSR count). The Kier molecular flexibility index (Phi) is 6.31. The van der Waals surface area contributed by atoms with E-state index in [9.17, 15) is 8.42 Å². The van der Waals surface area contributed by atoms with Gasteiger partial charge < -0.3 is 0 Å². The summed E-state index contributed by atoms with van der Waals surface area (Å²) in [4.78, 5) is 0.364. The summed E-state index contributed by atoms with van der Waals surface area (Å²) in [7, 11) is -5.09. The van der Waals surface area contributed by atoms with Crippen LogP contribution in [0, 0.1) is 18.4 Å². The van der Waals surface area contributed by atoms with Crippen molar-refractivity contribution in [3.8, 4) is 11.5 Å². The zero-order valence-electron chi connectivity index (χ0n) is 15.7. The highest BCUT2D eigenvalue weighted by Gasteiger charge is 2.41. The number of hydrogen-bond donors (Lipinski definition) is 0. The minimum absolute atomic E-state index is 0.00485. The Bertz CT molecular complexity index is 767. The molecule has 0 saturated carbocycles. The smallest absolute Gasteiger partial charge is 0.207 e. The number of aryl methyl sites for hydroxylation is 1. The van der Waals surface area contributed by atoms with Gasteiger partial charge in [0, 0.05) is 6.04 Å². The highest BCUT2D eigenvalue weighted by atomic mass is 32.2. The van der Waals surface area contributed by atoms with Crippen LogP contribution < -0.4 is 0 Å². The van der Waals surface area contributed by atoms with Gasteiger partial charge in [-0.05, 0) is 44.7 Å². The number of allylic oxidation sites excluding steroid dienone is 1. The first kappa shape index (κ1) is 20.0. The fraction of sp³-hybridized carbons (Fsp3) is 0.500. The molecule has 1 saturated heterocycles. The molecule has 0 aromatic heterocycles. The van der Waals surface area contributed by atoms with Crippen molar-refractivity contribution in [1.29, 1.82) is 0 Å². The molecule has 3 nitrogen and oxygen atoms in total. The SMILES string of the molecule is C=CCC[C@H]1CC[C@@H](C#C[Si](C)(C)C)N1S(=O)(=O)c1ccc(C)cc1. The quantitative estimate of drug-likeness (QED) is 0.435. The Morgan fingerprint density at radius 1 is 1.24 bits per heavy atom. The van der Waals surface area contributed by atoms with Gasteiger partial charge in [-0.2, -0.15) is 4.31 Å². The van der Waals surface area contributed by atoms with Crippen molar-refractivity contribution in [2.75, 3.05) is 0 Å². The number of benzene rings is 1. The van der Waals surface area contributed by atoms with E-state index in [1.807, 2.05) is 25.1 Å². The molecule has 0 bridgehead atoms. The normalized spacial score (nSPS) is 21.6. The molecule has 1 aromatic carbocycles. The summed E-state index contributed by atoms with van der Waals surface area (Å²) < 4.78 is 28.3. The number of sulfonamides is 1. The predicted octanol–water partition coefficient (Wildman–Crippen LogP) is 4.36. The third-order valence-corrected chi connectivity index (χ3v) is 7.22. The van der Waals surface area contributed by atoms with Crippen LogP contribution in [-0.4, -0.2) is 32.9 Å². The maximum absolute atomic E-state index is 13.3. The summed E-state index contributed by atoms with van der Waals surface area (Å²) in [6.45, 7) is 12.3. The molecule has 1 aliphatic heterocycles. The van der Waals surface area contributed by atoms with E-state index < -0.39 is 18.1 Å². The minimum atomic E-state index is -3.54. The Morgan fingerprint density at radius 3 is 2.44 bits per heavy atom. The van der Waals surface area contributed by atoms with Crippen molar-refractivity contribution in [3.63, 3.8) is 0 Å². The number of nitrogens with zero attached hydrogens (tertiary/aromatic N) is 1. The molecule has 0 unspecified atom stereocenters. The van der Waals surface area contributed by atoms with Crippen LogP contribution in [0.5, 0.6) is 0 Å². The van der Waals surface area contributed by atoms with Crippen LogP contribution in [0.15, 0.2) is 41.8 Å². The summed E-state index contributed by atoms with van der Waals surface area (Å²) in [5, 5.41) is 0. The molecule has 1 heterocycles. The Labute approximate surface area is 154 Å². The molecule has 0 N–H and O–H groups in total. The van der Waals surface area contributed by atoms with Gasteiger partial charge in [-0.3, -0.25) is 0 Å². The molecular weight excluding hydrogens is 346 g/mol. The van der Waals surface area contributed by atoms with Crippen LogP contribution in [0.4, 0.5) is 0 Å². The lowest BCUT2D eigenvalue weighted by Gasteiger charge is -2.27. The zero-order chi connectivity index (χ0) is 18.7. The summed E-state index contributed by atoms with van der Waals surface area (Å²) in [5.74, 6) is 3.30. The van der Waals surface area contributed by atoms with Gasteiger partial charge in [0.1, 0.15) is 8.07 Å². The lowest BCUT2D eigenvalue weighted by Crippen LogP contribution is -2.40.